The molecule has 0 aliphatic carbocycles. The van der Waals surface area contributed by atoms with Gasteiger partial charge in [0.2, 0.25) is 5.91 Å². The van der Waals surface area contributed by atoms with E-state index < -0.39 is 6.10 Å². The van der Waals surface area contributed by atoms with Crippen molar-refractivity contribution in [2.45, 2.75) is 25.5 Å². The second kappa shape index (κ2) is 9.43. The number of ether oxygens (including phenoxy) is 1. The van der Waals surface area contributed by atoms with Crippen LogP contribution in [0.4, 0.5) is 0 Å². The molecule has 27 heavy (non-hydrogen) atoms. The SMILES string of the molecule is COc1ccc(CNC(=O)CCN2C[C@@H](Cc3cnccn3)[C@H](O)C2)cc1. The highest BCUT2D eigenvalue weighted by Crippen LogP contribution is 2.20. The van der Waals surface area contributed by atoms with E-state index in [9.17, 15) is 9.90 Å². The topological polar surface area (TPSA) is 87.6 Å². The van der Waals surface area contributed by atoms with Crippen LogP contribution in [0.1, 0.15) is 17.7 Å². The van der Waals surface area contributed by atoms with Crippen LogP contribution in [0.5, 0.6) is 5.75 Å². The normalized spacial score (nSPS) is 19.8. The molecule has 1 amide bonds. The van der Waals surface area contributed by atoms with Gasteiger partial charge in [-0.15, -0.1) is 0 Å². The number of nitrogens with zero attached hydrogens (tertiary/aromatic N) is 3. The molecule has 144 valence electrons. The molecule has 0 bridgehead atoms. The number of β-amino-alcohol motifs (C(OH)–C–C–N with tert-alkyl or cyclic N) is 1. The lowest BCUT2D eigenvalue weighted by Gasteiger charge is -2.15. The third-order valence-corrected chi connectivity index (χ3v) is 4.87. The van der Waals surface area contributed by atoms with Crippen molar-refractivity contribution in [3.63, 3.8) is 0 Å². The van der Waals surface area contributed by atoms with Gasteiger partial charge in [-0.2, -0.15) is 0 Å². The molecule has 0 unspecified atom stereocenters. The highest BCUT2D eigenvalue weighted by atomic mass is 16.5. The van der Waals surface area contributed by atoms with Crippen molar-refractivity contribution in [2.75, 3.05) is 26.7 Å². The summed E-state index contributed by atoms with van der Waals surface area (Å²) >= 11 is 0. The molecule has 0 saturated carbocycles. The number of carbonyl (C=O) groups excluding carboxylic acids is 1. The molecule has 7 nitrogen and oxygen atoms in total. The Kier molecular flexibility index (Phi) is 6.73. The van der Waals surface area contributed by atoms with Crippen LogP contribution in [0.15, 0.2) is 42.9 Å². The molecule has 0 radical (unpaired) electrons. The molecule has 2 N–H and O–H groups in total. The van der Waals surface area contributed by atoms with E-state index in [2.05, 4.69) is 20.2 Å². The molecule has 1 aliphatic rings. The second-order valence-electron chi connectivity index (χ2n) is 6.86. The Morgan fingerprint density at radius 2 is 2.11 bits per heavy atom. The molecule has 1 aromatic heterocycles. The average molecular weight is 370 g/mol. The monoisotopic (exact) mass is 370 g/mol. The van der Waals surface area contributed by atoms with E-state index in [4.69, 9.17) is 4.74 Å². The number of carbonyl (C=O) groups is 1. The molecule has 0 spiro atoms. The number of aromatic nitrogens is 2. The molecule has 1 aliphatic heterocycles. The summed E-state index contributed by atoms with van der Waals surface area (Å²) in [5.74, 6) is 0.940. The third-order valence-electron chi connectivity index (χ3n) is 4.87. The molecule has 1 saturated heterocycles. The highest BCUT2D eigenvalue weighted by molar-refractivity contribution is 5.76. The van der Waals surface area contributed by atoms with Crippen LogP contribution in [0.2, 0.25) is 0 Å². The van der Waals surface area contributed by atoms with Crippen molar-refractivity contribution in [1.29, 1.82) is 0 Å². The molecule has 2 atom stereocenters. The first-order valence-corrected chi connectivity index (χ1v) is 9.19. The lowest BCUT2D eigenvalue weighted by Crippen LogP contribution is -2.30. The zero-order valence-corrected chi connectivity index (χ0v) is 15.5. The highest BCUT2D eigenvalue weighted by Gasteiger charge is 2.31. The first kappa shape index (κ1) is 19.3. The van der Waals surface area contributed by atoms with Gasteiger partial charge in [0.1, 0.15) is 5.75 Å². The first-order chi connectivity index (χ1) is 13.1. The number of benzene rings is 1. The van der Waals surface area contributed by atoms with Gasteiger partial charge < -0.3 is 15.2 Å². The summed E-state index contributed by atoms with van der Waals surface area (Å²) in [6.07, 6.45) is 5.78. The predicted molar refractivity (Wildman–Crippen MR) is 101 cm³/mol. The van der Waals surface area contributed by atoms with E-state index in [0.29, 0.717) is 32.5 Å². The van der Waals surface area contributed by atoms with Gasteiger partial charge in [0.15, 0.2) is 0 Å². The van der Waals surface area contributed by atoms with Gasteiger partial charge in [0, 0.05) is 57.1 Å². The summed E-state index contributed by atoms with van der Waals surface area (Å²) in [5, 5.41) is 13.2. The number of aliphatic hydroxyl groups is 1. The molecule has 1 aromatic carbocycles. The fourth-order valence-corrected chi connectivity index (χ4v) is 3.32. The molecular weight excluding hydrogens is 344 g/mol. The van der Waals surface area contributed by atoms with Crippen LogP contribution >= 0.6 is 0 Å². The number of hydrogen-bond acceptors (Lipinski definition) is 6. The Morgan fingerprint density at radius 3 is 2.81 bits per heavy atom. The standard InChI is InChI=1S/C20H26N4O3/c1-27-18-4-2-15(3-5-18)11-23-20(26)6-9-24-13-16(19(25)14-24)10-17-12-21-7-8-22-17/h2-5,7-8,12,16,19,25H,6,9-11,13-14H2,1H3,(H,23,26)/t16-,19-/m1/s1. The van der Waals surface area contributed by atoms with Crippen molar-refractivity contribution in [3.8, 4) is 5.75 Å². The number of nitrogens with one attached hydrogen (secondary N) is 1. The van der Waals surface area contributed by atoms with E-state index in [-0.39, 0.29) is 11.8 Å². The third kappa shape index (κ3) is 5.74. The first-order valence-electron chi connectivity index (χ1n) is 9.19. The lowest BCUT2D eigenvalue weighted by molar-refractivity contribution is -0.121. The van der Waals surface area contributed by atoms with E-state index in [1.807, 2.05) is 24.3 Å². The van der Waals surface area contributed by atoms with Crippen molar-refractivity contribution < 1.29 is 14.6 Å². The predicted octanol–water partition coefficient (Wildman–Crippen LogP) is 1.03. The maximum absolute atomic E-state index is 12.1. The molecule has 7 heteroatoms. The zero-order valence-electron chi connectivity index (χ0n) is 15.5. The Labute approximate surface area is 159 Å². The molecule has 3 rings (SSSR count). The van der Waals surface area contributed by atoms with Gasteiger partial charge in [0.25, 0.3) is 0 Å². The summed E-state index contributed by atoms with van der Waals surface area (Å²) < 4.78 is 5.12. The van der Waals surface area contributed by atoms with Crippen LogP contribution in [0, 0.1) is 5.92 Å². The Balaban J connectivity index is 1.38. The van der Waals surface area contributed by atoms with Crippen LogP contribution in [0.25, 0.3) is 0 Å². The minimum atomic E-state index is -0.394. The fourth-order valence-electron chi connectivity index (χ4n) is 3.32. The summed E-state index contributed by atoms with van der Waals surface area (Å²) in [5.41, 5.74) is 1.92. The van der Waals surface area contributed by atoms with Gasteiger partial charge in [-0.25, -0.2) is 0 Å². The number of hydrogen-bond donors (Lipinski definition) is 2. The van der Waals surface area contributed by atoms with E-state index >= 15 is 0 Å². The Bertz CT molecular complexity index is 724. The van der Waals surface area contributed by atoms with Crippen molar-refractivity contribution >= 4 is 5.91 Å². The summed E-state index contributed by atoms with van der Waals surface area (Å²) in [7, 11) is 1.63. The van der Waals surface area contributed by atoms with Gasteiger partial charge in [-0.3, -0.25) is 19.7 Å². The number of rotatable bonds is 8. The van der Waals surface area contributed by atoms with Crippen LogP contribution < -0.4 is 10.1 Å². The lowest BCUT2D eigenvalue weighted by atomic mass is 10.0. The number of likely N-dealkylation sites (tertiary alicyclic amines) is 1. The second-order valence-corrected chi connectivity index (χ2v) is 6.86. The summed E-state index contributed by atoms with van der Waals surface area (Å²) in [4.78, 5) is 22.6. The van der Waals surface area contributed by atoms with E-state index in [0.717, 1.165) is 23.6 Å². The maximum atomic E-state index is 12.1. The summed E-state index contributed by atoms with van der Waals surface area (Å²) in [6, 6.07) is 7.63. The van der Waals surface area contributed by atoms with Crippen LogP contribution in [-0.2, 0) is 17.8 Å². The molecule has 1 fully saturated rings. The smallest absolute Gasteiger partial charge is 0.221 e. The zero-order chi connectivity index (χ0) is 19.1. The van der Waals surface area contributed by atoms with Gasteiger partial charge in [0.05, 0.1) is 18.9 Å². The molecular formula is C20H26N4O3. The average Bonchev–Trinajstić information content (AvgIpc) is 3.05. The maximum Gasteiger partial charge on any atom is 0.221 e. The number of methoxy groups -OCH3 is 1. The van der Waals surface area contributed by atoms with Crippen LogP contribution in [0.3, 0.4) is 0 Å². The molecule has 2 heterocycles. The van der Waals surface area contributed by atoms with Gasteiger partial charge >= 0.3 is 0 Å². The van der Waals surface area contributed by atoms with Gasteiger partial charge in [-0.1, -0.05) is 12.1 Å². The van der Waals surface area contributed by atoms with E-state index in [1.165, 1.54) is 0 Å². The number of aliphatic hydroxyl groups excluding tert-OH is 1. The van der Waals surface area contributed by atoms with Gasteiger partial charge in [-0.05, 0) is 24.1 Å². The number of amides is 1. The van der Waals surface area contributed by atoms with Crippen molar-refractivity contribution in [2.24, 2.45) is 5.92 Å². The molecule has 2 aromatic rings. The largest absolute Gasteiger partial charge is 0.497 e. The fraction of sp³-hybridized carbons (Fsp3) is 0.450. The van der Waals surface area contributed by atoms with E-state index in [1.54, 1.807) is 25.7 Å². The quantitative estimate of drug-likeness (QED) is 0.722. The Morgan fingerprint density at radius 1 is 1.30 bits per heavy atom. The van der Waals surface area contributed by atoms with Crippen molar-refractivity contribution in [1.82, 2.24) is 20.2 Å². The Hall–Kier alpha value is -2.51. The minimum Gasteiger partial charge on any atom is -0.497 e. The van der Waals surface area contributed by atoms with Crippen LogP contribution in [-0.4, -0.2) is 58.7 Å². The minimum absolute atomic E-state index is 0.0117. The summed E-state index contributed by atoms with van der Waals surface area (Å²) in [6.45, 7) is 2.50. The van der Waals surface area contributed by atoms with Crippen molar-refractivity contribution in [3.05, 3.63) is 54.1 Å².